The molecule has 0 spiro atoms. The predicted molar refractivity (Wildman–Crippen MR) is 86.3 cm³/mol. The van der Waals surface area contributed by atoms with Crippen molar-refractivity contribution in [2.24, 2.45) is 0 Å². The van der Waals surface area contributed by atoms with Crippen molar-refractivity contribution in [3.05, 3.63) is 34.9 Å². The van der Waals surface area contributed by atoms with Crippen LogP contribution in [-0.2, 0) is 4.74 Å². The zero-order valence-electron chi connectivity index (χ0n) is 13.9. The van der Waals surface area contributed by atoms with Gasteiger partial charge in [0.1, 0.15) is 0 Å². The summed E-state index contributed by atoms with van der Waals surface area (Å²) in [6.45, 7) is 8.37. The summed E-state index contributed by atoms with van der Waals surface area (Å²) in [6, 6.07) is 7.66. The summed E-state index contributed by atoms with van der Waals surface area (Å²) in [4.78, 5) is 2.36. The summed E-state index contributed by atoms with van der Waals surface area (Å²) >= 11 is 0. The third kappa shape index (κ3) is 5.23. The van der Waals surface area contributed by atoms with Crippen LogP contribution in [0.5, 0.6) is 0 Å². The molecule has 20 heavy (non-hydrogen) atoms. The molecule has 1 rings (SSSR count). The number of ether oxygens (including phenoxy) is 1. The Kier molecular flexibility index (Phi) is 7.20. The van der Waals surface area contributed by atoms with Crippen molar-refractivity contribution in [1.29, 1.82) is 0 Å². The van der Waals surface area contributed by atoms with Crippen molar-refractivity contribution < 1.29 is 4.74 Å². The largest absolute Gasteiger partial charge is 0.383 e. The Labute approximate surface area is 124 Å². The van der Waals surface area contributed by atoms with Gasteiger partial charge in [-0.2, -0.15) is 0 Å². The summed E-state index contributed by atoms with van der Waals surface area (Å²) in [5, 5.41) is 3.44. The van der Waals surface area contributed by atoms with Gasteiger partial charge in [0, 0.05) is 25.7 Å². The van der Waals surface area contributed by atoms with Gasteiger partial charge in [0.25, 0.3) is 0 Å². The molecule has 0 amide bonds. The Balaban J connectivity index is 2.63. The summed E-state index contributed by atoms with van der Waals surface area (Å²) in [6.07, 6.45) is 1.10. The molecular weight excluding hydrogens is 248 g/mol. The highest BCUT2D eigenvalue weighted by molar-refractivity contribution is 5.30. The number of aryl methyl sites for hydroxylation is 2. The van der Waals surface area contributed by atoms with E-state index in [1.165, 1.54) is 16.7 Å². The van der Waals surface area contributed by atoms with Crippen LogP contribution in [-0.4, -0.2) is 45.3 Å². The van der Waals surface area contributed by atoms with Crippen molar-refractivity contribution in [3.63, 3.8) is 0 Å². The van der Waals surface area contributed by atoms with Gasteiger partial charge in [0.15, 0.2) is 0 Å². The number of hydrogen-bond donors (Lipinski definition) is 1. The maximum Gasteiger partial charge on any atom is 0.0615 e. The molecule has 0 heterocycles. The second-order valence-electron chi connectivity index (χ2n) is 5.84. The average Bonchev–Trinajstić information content (AvgIpc) is 2.38. The molecule has 1 aromatic rings. The molecule has 0 aliphatic heterocycles. The van der Waals surface area contributed by atoms with E-state index in [0.29, 0.717) is 12.1 Å². The molecular formula is C17H30N2O. The molecule has 0 aliphatic carbocycles. The molecule has 3 heteroatoms. The van der Waals surface area contributed by atoms with Crippen LogP contribution >= 0.6 is 0 Å². The van der Waals surface area contributed by atoms with Gasteiger partial charge in [-0.1, -0.05) is 29.3 Å². The molecule has 0 radical (unpaired) electrons. The van der Waals surface area contributed by atoms with Gasteiger partial charge in [-0.3, -0.25) is 0 Å². The number of rotatable bonds is 8. The molecule has 2 unspecified atom stereocenters. The molecule has 1 N–H and O–H groups in total. The van der Waals surface area contributed by atoms with Gasteiger partial charge < -0.3 is 15.0 Å². The lowest BCUT2D eigenvalue weighted by Gasteiger charge is -2.26. The second-order valence-corrected chi connectivity index (χ2v) is 5.84. The third-order valence-electron chi connectivity index (χ3n) is 3.93. The van der Waals surface area contributed by atoms with Crippen molar-refractivity contribution in [2.45, 2.75) is 39.3 Å². The van der Waals surface area contributed by atoms with E-state index in [4.69, 9.17) is 4.74 Å². The summed E-state index contributed by atoms with van der Waals surface area (Å²) < 4.78 is 5.22. The van der Waals surface area contributed by atoms with Crippen LogP contribution in [0.25, 0.3) is 0 Å². The lowest BCUT2D eigenvalue weighted by Crippen LogP contribution is -2.35. The summed E-state index contributed by atoms with van der Waals surface area (Å²) in [5.74, 6) is 0. The minimum atomic E-state index is 0.408. The molecule has 0 saturated heterocycles. The normalized spacial score (nSPS) is 14.6. The maximum absolute atomic E-state index is 5.22. The number of hydrogen-bond acceptors (Lipinski definition) is 3. The van der Waals surface area contributed by atoms with Gasteiger partial charge in [-0.05, 0) is 46.9 Å². The highest BCUT2D eigenvalue weighted by Gasteiger charge is 2.14. The van der Waals surface area contributed by atoms with Gasteiger partial charge in [0.2, 0.25) is 0 Å². The Morgan fingerprint density at radius 3 is 2.30 bits per heavy atom. The van der Waals surface area contributed by atoms with Crippen LogP contribution < -0.4 is 5.32 Å². The van der Waals surface area contributed by atoms with E-state index in [1.54, 1.807) is 7.11 Å². The second kappa shape index (κ2) is 8.40. The maximum atomic E-state index is 5.22. The fourth-order valence-corrected chi connectivity index (χ4v) is 2.61. The van der Waals surface area contributed by atoms with E-state index in [9.17, 15) is 0 Å². The SMILES string of the molecule is CNC(CCN(C)C(C)COC)c1cc(C)cc(C)c1. The molecule has 3 nitrogen and oxygen atoms in total. The van der Waals surface area contributed by atoms with Gasteiger partial charge in [-0.25, -0.2) is 0 Å². The first-order chi connectivity index (χ1) is 9.47. The summed E-state index contributed by atoms with van der Waals surface area (Å²) in [5.41, 5.74) is 4.06. The van der Waals surface area contributed by atoms with Crippen molar-refractivity contribution in [1.82, 2.24) is 10.2 Å². The minimum Gasteiger partial charge on any atom is -0.383 e. The highest BCUT2D eigenvalue weighted by atomic mass is 16.5. The van der Waals surface area contributed by atoms with E-state index in [0.717, 1.165) is 19.6 Å². The molecule has 114 valence electrons. The molecule has 0 aliphatic rings. The Morgan fingerprint density at radius 1 is 1.20 bits per heavy atom. The van der Waals surface area contributed by atoms with Crippen LogP contribution in [0.2, 0.25) is 0 Å². The lowest BCUT2D eigenvalue weighted by molar-refractivity contribution is 0.113. The van der Waals surface area contributed by atoms with Crippen LogP contribution in [0.15, 0.2) is 18.2 Å². The van der Waals surface area contributed by atoms with Gasteiger partial charge in [0.05, 0.1) is 6.61 Å². The van der Waals surface area contributed by atoms with E-state index in [1.807, 2.05) is 7.05 Å². The first-order valence-electron chi connectivity index (χ1n) is 7.42. The molecule has 2 atom stereocenters. The third-order valence-corrected chi connectivity index (χ3v) is 3.93. The molecule has 1 aromatic carbocycles. The molecule has 0 bridgehead atoms. The first-order valence-corrected chi connectivity index (χ1v) is 7.42. The zero-order valence-corrected chi connectivity index (χ0v) is 13.9. The monoisotopic (exact) mass is 278 g/mol. The topological polar surface area (TPSA) is 24.5 Å². The van der Waals surface area contributed by atoms with Crippen LogP contribution in [0.4, 0.5) is 0 Å². The minimum absolute atomic E-state index is 0.408. The lowest BCUT2D eigenvalue weighted by atomic mass is 9.99. The van der Waals surface area contributed by atoms with E-state index >= 15 is 0 Å². The number of benzene rings is 1. The molecule has 0 saturated carbocycles. The number of nitrogens with one attached hydrogen (secondary N) is 1. The highest BCUT2D eigenvalue weighted by Crippen LogP contribution is 2.20. The molecule has 0 aromatic heterocycles. The summed E-state index contributed by atoms with van der Waals surface area (Å²) in [7, 11) is 5.97. The number of likely N-dealkylation sites (N-methyl/N-ethyl adjacent to an activating group) is 1. The van der Waals surface area contributed by atoms with Crippen LogP contribution in [0.3, 0.4) is 0 Å². The Bertz CT molecular complexity index is 386. The Morgan fingerprint density at radius 2 is 1.80 bits per heavy atom. The quantitative estimate of drug-likeness (QED) is 0.791. The smallest absolute Gasteiger partial charge is 0.0615 e. The van der Waals surface area contributed by atoms with Crippen molar-refractivity contribution in [3.8, 4) is 0 Å². The van der Waals surface area contributed by atoms with Gasteiger partial charge in [-0.15, -0.1) is 0 Å². The van der Waals surface area contributed by atoms with Crippen LogP contribution in [0, 0.1) is 13.8 Å². The van der Waals surface area contributed by atoms with E-state index in [2.05, 4.69) is 56.2 Å². The van der Waals surface area contributed by atoms with E-state index in [-0.39, 0.29) is 0 Å². The standard InChI is InChI=1S/C17H30N2O/c1-13-9-14(2)11-16(10-13)17(18-4)7-8-19(5)15(3)12-20-6/h9-11,15,17-18H,7-8,12H2,1-6H3. The zero-order chi connectivity index (χ0) is 15.1. The van der Waals surface area contributed by atoms with Crippen molar-refractivity contribution in [2.75, 3.05) is 34.4 Å². The number of methoxy groups -OCH3 is 1. The predicted octanol–water partition coefficient (Wildman–Crippen LogP) is 2.92. The average molecular weight is 278 g/mol. The van der Waals surface area contributed by atoms with Gasteiger partial charge >= 0.3 is 0 Å². The fraction of sp³-hybridized carbons (Fsp3) is 0.647. The Hall–Kier alpha value is -0.900. The molecule has 0 fully saturated rings. The van der Waals surface area contributed by atoms with Crippen molar-refractivity contribution >= 4 is 0 Å². The van der Waals surface area contributed by atoms with Crippen LogP contribution in [0.1, 0.15) is 36.1 Å². The fourth-order valence-electron chi connectivity index (χ4n) is 2.61. The number of nitrogens with zero attached hydrogens (tertiary/aromatic N) is 1. The first kappa shape index (κ1) is 17.2. The van der Waals surface area contributed by atoms with E-state index < -0.39 is 0 Å².